The second-order valence-electron chi connectivity index (χ2n) is 10.2. The van der Waals surface area contributed by atoms with Gasteiger partial charge in [-0.05, 0) is 49.2 Å². The summed E-state index contributed by atoms with van der Waals surface area (Å²) in [5, 5.41) is 3.21. The lowest BCUT2D eigenvalue weighted by Crippen LogP contribution is -2.57. The quantitative estimate of drug-likeness (QED) is 0.358. The van der Waals surface area contributed by atoms with Crippen molar-refractivity contribution in [3.63, 3.8) is 0 Å². The monoisotopic (exact) mass is 614 g/mol. The molecule has 0 aromatic heterocycles. The minimum atomic E-state index is -1.77. The lowest BCUT2D eigenvalue weighted by molar-refractivity contribution is -0.176. The van der Waals surface area contributed by atoms with E-state index in [2.05, 4.69) is 10.2 Å². The molecule has 1 heterocycles. The van der Waals surface area contributed by atoms with Crippen molar-refractivity contribution in [2.75, 3.05) is 49.5 Å². The van der Waals surface area contributed by atoms with Crippen LogP contribution < -0.4 is 10.2 Å². The fourth-order valence-corrected chi connectivity index (χ4v) is 5.06. The number of ether oxygens (including phenoxy) is 2. The maximum absolute atomic E-state index is 13.6. The minimum Gasteiger partial charge on any atom is -0.448 e. The second-order valence-corrected chi connectivity index (χ2v) is 10.7. The Balaban J connectivity index is 1.79. The molecule has 1 aliphatic rings. The molecule has 0 bridgehead atoms. The first-order chi connectivity index (χ1) is 20.5. The highest BCUT2D eigenvalue weighted by Crippen LogP contribution is 2.22. The molecule has 12 heteroatoms. The summed E-state index contributed by atoms with van der Waals surface area (Å²) in [6.07, 6.45) is -1.88. The van der Waals surface area contributed by atoms with E-state index in [0.717, 1.165) is 32.4 Å². The fraction of sp³-hybridized carbons (Fsp3) is 0.452. The van der Waals surface area contributed by atoms with E-state index in [9.17, 15) is 24.0 Å². The Morgan fingerprint density at radius 3 is 2.05 bits per heavy atom. The number of piperazine rings is 1. The number of hydrogen-bond acceptors (Lipinski definition) is 8. The Morgan fingerprint density at radius 1 is 0.860 bits per heavy atom. The lowest BCUT2D eigenvalue weighted by atomic mass is 10.1. The van der Waals surface area contributed by atoms with Gasteiger partial charge in [0, 0.05) is 75.1 Å². The summed E-state index contributed by atoms with van der Waals surface area (Å²) >= 11 is 6.12. The van der Waals surface area contributed by atoms with Crippen molar-refractivity contribution in [1.82, 2.24) is 9.80 Å². The maximum Gasteiger partial charge on any atom is 0.303 e. The Morgan fingerprint density at radius 2 is 1.47 bits per heavy atom. The van der Waals surface area contributed by atoms with E-state index in [0.29, 0.717) is 36.8 Å². The van der Waals surface area contributed by atoms with Crippen LogP contribution in [0.15, 0.2) is 48.5 Å². The highest BCUT2D eigenvalue weighted by molar-refractivity contribution is 6.30. The van der Waals surface area contributed by atoms with Crippen molar-refractivity contribution in [2.45, 2.75) is 52.7 Å². The summed E-state index contributed by atoms with van der Waals surface area (Å²) < 4.78 is 10.6. The van der Waals surface area contributed by atoms with E-state index in [1.165, 1.54) is 11.0 Å². The van der Waals surface area contributed by atoms with Crippen molar-refractivity contribution in [1.29, 1.82) is 0 Å². The van der Waals surface area contributed by atoms with Gasteiger partial charge in [-0.2, -0.15) is 0 Å². The van der Waals surface area contributed by atoms with E-state index in [1.807, 2.05) is 32.0 Å². The molecule has 2 aromatic carbocycles. The summed E-state index contributed by atoms with van der Waals surface area (Å²) in [7, 11) is 0. The zero-order valence-electron chi connectivity index (χ0n) is 25.0. The topological polar surface area (TPSA) is 126 Å². The van der Waals surface area contributed by atoms with Gasteiger partial charge in [0.1, 0.15) is 0 Å². The molecule has 2 atom stereocenters. The molecule has 2 unspecified atom stereocenters. The summed E-state index contributed by atoms with van der Waals surface area (Å²) in [5.41, 5.74) is 1.53. The molecule has 2 aromatic rings. The largest absolute Gasteiger partial charge is 0.448 e. The third-order valence-electron chi connectivity index (χ3n) is 6.78. The van der Waals surface area contributed by atoms with Gasteiger partial charge >= 0.3 is 11.9 Å². The fourth-order valence-electron chi connectivity index (χ4n) is 4.87. The SMILES string of the molecule is CCCN(CCC)C(=O)c1cccc(NC(=O)C(OC(C)=O)C(OC(C)=O)C(=O)N2CCN(c3cccc(Cl)c3)CC2)c1. The van der Waals surface area contributed by atoms with Crippen LogP contribution in [0.1, 0.15) is 50.9 Å². The molecular formula is C31H39ClN4O7. The minimum absolute atomic E-state index is 0.179. The van der Waals surface area contributed by atoms with Crippen molar-refractivity contribution >= 4 is 52.6 Å². The van der Waals surface area contributed by atoms with Crippen LogP contribution in [0.3, 0.4) is 0 Å². The average molecular weight is 615 g/mol. The van der Waals surface area contributed by atoms with E-state index in [1.54, 1.807) is 29.2 Å². The van der Waals surface area contributed by atoms with Gasteiger partial charge in [0.15, 0.2) is 0 Å². The number of esters is 2. The van der Waals surface area contributed by atoms with Gasteiger partial charge in [-0.3, -0.25) is 24.0 Å². The van der Waals surface area contributed by atoms with Crippen molar-refractivity contribution in [3.05, 3.63) is 59.1 Å². The van der Waals surface area contributed by atoms with E-state index in [-0.39, 0.29) is 24.7 Å². The van der Waals surface area contributed by atoms with Crippen molar-refractivity contribution < 1.29 is 33.4 Å². The van der Waals surface area contributed by atoms with Gasteiger partial charge in [0.05, 0.1) is 0 Å². The molecule has 3 amide bonds. The van der Waals surface area contributed by atoms with Gasteiger partial charge in [-0.25, -0.2) is 0 Å². The standard InChI is InChI=1S/C31H39ClN4O7/c1-5-13-35(14-6-2)30(40)23-9-7-11-25(19-23)33-29(39)27(42-21(3)37)28(43-22(4)38)31(41)36-17-15-34(16-18-36)26-12-8-10-24(32)20-26/h7-12,19-20,27-28H,5-6,13-18H2,1-4H3,(H,33,39). The zero-order chi connectivity index (χ0) is 31.5. The van der Waals surface area contributed by atoms with E-state index in [4.69, 9.17) is 21.1 Å². The van der Waals surface area contributed by atoms with Crippen LogP contribution in [0.4, 0.5) is 11.4 Å². The number of benzene rings is 2. The van der Waals surface area contributed by atoms with Crippen LogP contribution in [0.25, 0.3) is 0 Å². The smallest absolute Gasteiger partial charge is 0.303 e. The molecule has 1 aliphatic heterocycles. The Kier molecular flexibility index (Phi) is 12.4. The zero-order valence-corrected chi connectivity index (χ0v) is 25.8. The average Bonchev–Trinajstić information content (AvgIpc) is 2.98. The molecular weight excluding hydrogens is 576 g/mol. The highest BCUT2D eigenvalue weighted by Gasteiger charge is 2.42. The molecule has 0 saturated carbocycles. The van der Waals surface area contributed by atoms with E-state index >= 15 is 0 Å². The lowest BCUT2D eigenvalue weighted by Gasteiger charge is -2.38. The van der Waals surface area contributed by atoms with Crippen LogP contribution in [0.2, 0.25) is 5.02 Å². The Hall–Kier alpha value is -4.12. The Labute approximate surface area is 257 Å². The highest BCUT2D eigenvalue weighted by atomic mass is 35.5. The maximum atomic E-state index is 13.6. The van der Waals surface area contributed by atoms with Crippen LogP contribution in [0, 0.1) is 0 Å². The van der Waals surface area contributed by atoms with Gasteiger partial charge in [0.2, 0.25) is 12.2 Å². The number of nitrogens with zero attached hydrogens (tertiary/aromatic N) is 3. The number of hydrogen-bond donors (Lipinski definition) is 1. The molecule has 0 aliphatic carbocycles. The number of amides is 3. The summed E-state index contributed by atoms with van der Waals surface area (Å²) in [6, 6.07) is 13.7. The first-order valence-corrected chi connectivity index (χ1v) is 14.8. The number of carbonyl (C=O) groups excluding carboxylic acids is 5. The third kappa shape index (κ3) is 9.44. The summed E-state index contributed by atoms with van der Waals surface area (Å²) in [5.74, 6) is -3.38. The first-order valence-electron chi connectivity index (χ1n) is 14.4. The van der Waals surface area contributed by atoms with Crippen LogP contribution >= 0.6 is 11.6 Å². The predicted octanol–water partition coefficient (Wildman–Crippen LogP) is 3.75. The van der Waals surface area contributed by atoms with Gasteiger partial charge in [-0.1, -0.05) is 37.6 Å². The third-order valence-corrected chi connectivity index (χ3v) is 7.01. The predicted molar refractivity (Wildman–Crippen MR) is 163 cm³/mol. The molecule has 0 radical (unpaired) electrons. The normalized spacial score (nSPS) is 14.3. The number of carbonyl (C=O) groups is 5. The molecule has 0 spiro atoms. The number of anilines is 2. The molecule has 1 N–H and O–H groups in total. The molecule has 232 valence electrons. The molecule has 3 rings (SSSR count). The van der Waals surface area contributed by atoms with Crippen LogP contribution in [0.5, 0.6) is 0 Å². The van der Waals surface area contributed by atoms with E-state index < -0.39 is 36.0 Å². The van der Waals surface area contributed by atoms with Crippen LogP contribution in [-0.2, 0) is 28.7 Å². The molecule has 43 heavy (non-hydrogen) atoms. The van der Waals surface area contributed by atoms with Crippen molar-refractivity contribution in [3.8, 4) is 0 Å². The molecule has 11 nitrogen and oxygen atoms in total. The summed E-state index contributed by atoms with van der Waals surface area (Å²) in [4.78, 5) is 69.6. The number of rotatable bonds is 12. The van der Waals surface area contributed by atoms with Gasteiger partial charge in [0.25, 0.3) is 17.7 Å². The van der Waals surface area contributed by atoms with Gasteiger partial charge < -0.3 is 29.5 Å². The summed E-state index contributed by atoms with van der Waals surface area (Å²) in [6.45, 7) is 8.84. The molecule has 1 saturated heterocycles. The second kappa shape index (κ2) is 15.9. The number of nitrogens with one attached hydrogen (secondary N) is 1. The Bertz CT molecular complexity index is 1310. The van der Waals surface area contributed by atoms with Gasteiger partial charge in [-0.15, -0.1) is 0 Å². The molecule has 1 fully saturated rings. The number of halogens is 1. The van der Waals surface area contributed by atoms with Crippen LogP contribution in [-0.4, -0.2) is 90.9 Å². The van der Waals surface area contributed by atoms with Crippen molar-refractivity contribution in [2.24, 2.45) is 0 Å². The first kappa shape index (κ1) is 33.4.